The summed E-state index contributed by atoms with van der Waals surface area (Å²) in [6.45, 7) is 6.27. The van der Waals surface area contributed by atoms with Gasteiger partial charge in [-0.05, 0) is 73.4 Å². The lowest BCUT2D eigenvalue weighted by atomic mass is 10.1. The summed E-state index contributed by atoms with van der Waals surface area (Å²) < 4.78 is 0.897. The van der Waals surface area contributed by atoms with Gasteiger partial charge in [-0.3, -0.25) is 4.79 Å². The first-order valence-corrected chi connectivity index (χ1v) is 8.23. The van der Waals surface area contributed by atoms with Crippen LogP contribution in [0.2, 0.25) is 0 Å². The minimum absolute atomic E-state index is 0.0132. The zero-order valence-electron chi connectivity index (χ0n) is 12.1. The number of carbonyl (C=O) groups is 1. The molecule has 4 heteroatoms. The van der Waals surface area contributed by atoms with Crippen molar-refractivity contribution in [1.29, 1.82) is 0 Å². The monoisotopic (exact) mass is 338 g/mol. The largest absolute Gasteiger partial charge is 0.352 e. The molecule has 20 heavy (non-hydrogen) atoms. The molecule has 1 aromatic carbocycles. The van der Waals surface area contributed by atoms with Crippen LogP contribution in [0.3, 0.4) is 0 Å². The summed E-state index contributed by atoms with van der Waals surface area (Å²) in [6.07, 6.45) is 5.04. The molecule has 0 atom stereocenters. The second kappa shape index (κ2) is 7.79. The molecule has 1 fully saturated rings. The van der Waals surface area contributed by atoms with Gasteiger partial charge in [0.05, 0.1) is 5.56 Å². The highest BCUT2D eigenvalue weighted by atomic mass is 79.9. The standard InChI is InChI=1S/C16H23BrN2O/c1-13-7-5-8-14(15(13)17)16(20)18-9-6-12-19-10-3-2-4-11-19/h5,7-8H,2-4,6,9-12H2,1H3,(H,18,20). The summed E-state index contributed by atoms with van der Waals surface area (Å²) in [5.74, 6) is 0.0132. The first-order valence-electron chi connectivity index (χ1n) is 7.44. The first-order chi connectivity index (χ1) is 9.68. The van der Waals surface area contributed by atoms with E-state index in [1.54, 1.807) is 0 Å². The predicted molar refractivity (Wildman–Crippen MR) is 86.1 cm³/mol. The van der Waals surface area contributed by atoms with E-state index in [0.717, 1.165) is 35.1 Å². The molecule has 1 aliphatic rings. The van der Waals surface area contributed by atoms with E-state index < -0.39 is 0 Å². The molecule has 0 bridgehead atoms. The van der Waals surface area contributed by atoms with Crippen LogP contribution >= 0.6 is 15.9 Å². The van der Waals surface area contributed by atoms with Crippen LogP contribution in [0.25, 0.3) is 0 Å². The van der Waals surface area contributed by atoms with Gasteiger partial charge < -0.3 is 10.2 Å². The minimum atomic E-state index is 0.0132. The third-order valence-corrected chi connectivity index (χ3v) is 4.87. The van der Waals surface area contributed by atoms with Crippen molar-refractivity contribution in [3.05, 3.63) is 33.8 Å². The van der Waals surface area contributed by atoms with E-state index in [9.17, 15) is 4.79 Å². The van der Waals surface area contributed by atoms with Crippen LogP contribution in [-0.2, 0) is 0 Å². The van der Waals surface area contributed by atoms with Gasteiger partial charge in [0.15, 0.2) is 0 Å². The Hall–Kier alpha value is -0.870. The van der Waals surface area contributed by atoms with Gasteiger partial charge >= 0.3 is 0 Å². The summed E-state index contributed by atoms with van der Waals surface area (Å²) in [5, 5.41) is 3.01. The van der Waals surface area contributed by atoms with Crippen molar-refractivity contribution in [2.24, 2.45) is 0 Å². The van der Waals surface area contributed by atoms with Crippen molar-refractivity contribution in [3.8, 4) is 0 Å². The lowest BCUT2D eigenvalue weighted by Gasteiger charge is -2.26. The van der Waals surface area contributed by atoms with Crippen molar-refractivity contribution in [2.75, 3.05) is 26.2 Å². The Morgan fingerprint density at radius 3 is 2.80 bits per heavy atom. The van der Waals surface area contributed by atoms with Crippen LogP contribution in [-0.4, -0.2) is 37.0 Å². The fourth-order valence-electron chi connectivity index (χ4n) is 2.61. The number of carbonyl (C=O) groups excluding carboxylic acids is 1. The molecular formula is C16H23BrN2O. The molecule has 0 radical (unpaired) electrons. The first kappa shape index (κ1) is 15.5. The summed E-state index contributed by atoms with van der Waals surface area (Å²) in [4.78, 5) is 14.6. The number of likely N-dealkylation sites (tertiary alicyclic amines) is 1. The maximum atomic E-state index is 12.1. The van der Waals surface area contributed by atoms with E-state index in [1.807, 2.05) is 25.1 Å². The van der Waals surface area contributed by atoms with Gasteiger partial charge in [-0.2, -0.15) is 0 Å². The second-order valence-electron chi connectivity index (χ2n) is 5.45. The smallest absolute Gasteiger partial charge is 0.252 e. The summed E-state index contributed by atoms with van der Waals surface area (Å²) in [5.41, 5.74) is 1.81. The molecule has 0 aliphatic carbocycles. The minimum Gasteiger partial charge on any atom is -0.352 e. The van der Waals surface area contributed by atoms with E-state index in [4.69, 9.17) is 0 Å². The third-order valence-electron chi connectivity index (χ3n) is 3.82. The Bertz CT molecular complexity index is 456. The zero-order chi connectivity index (χ0) is 14.4. The van der Waals surface area contributed by atoms with Crippen LogP contribution in [0.5, 0.6) is 0 Å². The molecule has 0 unspecified atom stereocenters. The average molecular weight is 339 g/mol. The average Bonchev–Trinajstić information content (AvgIpc) is 2.47. The molecule has 0 aromatic heterocycles. The Kier molecular flexibility index (Phi) is 6.05. The molecule has 0 spiro atoms. The van der Waals surface area contributed by atoms with Crippen LogP contribution in [0, 0.1) is 6.92 Å². The maximum absolute atomic E-state index is 12.1. The number of hydrogen-bond acceptors (Lipinski definition) is 2. The van der Waals surface area contributed by atoms with Crippen LogP contribution in [0.1, 0.15) is 41.6 Å². The van der Waals surface area contributed by atoms with Gasteiger partial charge in [0.2, 0.25) is 0 Å². The number of benzene rings is 1. The van der Waals surface area contributed by atoms with E-state index in [-0.39, 0.29) is 5.91 Å². The molecule has 2 rings (SSSR count). The topological polar surface area (TPSA) is 32.3 Å². The Balaban J connectivity index is 1.73. The van der Waals surface area contributed by atoms with Gasteiger partial charge in [0.25, 0.3) is 5.91 Å². The van der Waals surface area contributed by atoms with Gasteiger partial charge in [0, 0.05) is 11.0 Å². The Morgan fingerprint density at radius 1 is 1.30 bits per heavy atom. The molecule has 3 nitrogen and oxygen atoms in total. The van der Waals surface area contributed by atoms with Gasteiger partial charge in [-0.1, -0.05) is 18.6 Å². The number of amides is 1. The van der Waals surface area contributed by atoms with E-state index in [0.29, 0.717) is 0 Å². The highest BCUT2D eigenvalue weighted by molar-refractivity contribution is 9.10. The van der Waals surface area contributed by atoms with E-state index in [1.165, 1.54) is 32.4 Å². The third kappa shape index (κ3) is 4.32. The van der Waals surface area contributed by atoms with Crippen molar-refractivity contribution in [2.45, 2.75) is 32.6 Å². The predicted octanol–water partition coefficient (Wildman–Crippen LogP) is 3.36. The lowest BCUT2D eigenvalue weighted by Crippen LogP contribution is -2.33. The maximum Gasteiger partial charge on any atom is 0.252 e. The number of halogens is 1. The molecule has 1 aromatic rings. The number of aryl methyl sites for hydroxylation is 1. The Labute approximate surface area is 129 Å². The molecule has 1 N–H and O–H groups in total. The molecule has 1 aliphatic heterocycles. The fourth-order valence-corrected chi connectivity index (χ4v) is 3.05. The number of piperidine rings is 1. The second-order valence-corrected chi connectivity index (χ2v) is 6.24. The highest BCUT2D eigenvalue weighted by Gasteiger charge is 2.12. The zero-order valence-corrected chi connectivity index (χ0v) is 13.7. The van der Waals surface area contributed by atoms with Crippen LogP contribution < -0.4 is 5.32 Å². The lowest BCUT2D eigenvalue weighted by molar-refractivity contribution is 0.0950. The summed E-state index contributed by atoms with van der Waals surface area (Å²) >= 11 is 3.48. The molecule has 1 heterocycles. The van der Waals surface area contributed by atoms with Crippen molar-refractivity contribution in [3.63, 3.8) is 0 Å². The number of nitrogens with one attached hydrogen (secondary N) is 1. The van der Waals surface area contributed by atoms with E-state index in [2.05, 4.69) is 26.1 Å². The van der Waals surface area contributed by atoms with Gasteiger partial charge in [-0.15, -0.1) is 0 Å². The molecule has 110 valence electrons. The fraction of sp³-hybridized carbons (Fsp3) is 0.562. The number of hydrogen-bond donors (Lipinski definition) is 1. The summed E-state index contributed by atoms with van der Waals surface area (Å²) in [7, 11) is 0. The number of rotatable bonds is 5. The van der Waals surface area contributed by atoms with Crippen LogP contribution in [0.4, 0.5) is 0 Å². The van der Waals surface area contributed by atoms with Crippen molar-refractivity contribution < 1.29 is 4.79 Å². The quantitative estimate of drug-likeness (QED) is 0.835. The van der Waals surface area contributed by atoms with E-state index >= 15 is 0 Å². The SMILES string of the molecule is Cc1cccc(C(=O)NCCCN2CCCCC2)c1Br. The molecule has 0 saturated carbocycles. The van der Waals surface area contributed by atoms with Crippen molar-refractivity contribution in [1.82, 2.24) is 10.2 Å². The molecule has 1 amide bonds. The van der Waals surface area contributed by atoms with Crippen LogP contribution in [0.15, 0.2) is 22.7 Å². The molecule has 1 saturated heterocycles. The summed E-state index contributed by atoms with van der Waals surface area (Å²) in [6, 6.07) is 5.77. The number of nitrogens with zero attached hydrogens (tertiary/aromatic N) is 1. The molecular weight excluding hydrogens is 316 g/mol. The normalized spacial score (nSPS) is 16.1. The van der Waals surface area contributed by atoms with Gasteiger partial charge in [0.1, 0.15) is 0 Å². The highest BCUT2D eigenvalue weighted by Crippen LogP contribution is 2.20. The Morgan fingerprint density at radius 2 is 2.05 bits per heavy atom. The van der Waals surface area contributed by atoms with Gasteiger partial charge in [-0.25, -0.2) is 0 Å². The van der Waals surface area contributed by atoms with Crippen molar-refractivity contribution >= 4 is 21.8 Å².